The van der Waals surface area contributed by atoms with Crippen molar-refractivity contribution in [3.8, 4) is 16.8 Å². The van der Waals surface area contributed by atoms with Crippen LogP contribution in [0.4, 0.5) is 0 Å². The van der Waals surface area contributed by atoms with Crippen molar-refractivity contribution >= 4 is 87.5 Å². The van der Waals surface area contributed by atoms with Crippen LogP contribution < -0.4 is 0 Å². The molecule has 0 saturated carbocycles. The lowest BCUT2D eigenvalue weighted by Crippen LogP contribution is -1.94. The lowest BCUT2D eigenvalue weighted by atomic mass is 9.96. The highest BCUT2D eigenvalue weighted by molar-refractivity contribution is 6.27. The molecule has 0 spiro atoms. The van der Waals surface area contributed by atoms with Crippen LogP contribution in [-0.4, -0.2) is 9.13 Å². The van der Waals surface area contributed by atoms with Crippen LogP contribution in [0.3, 0.4) is 0 Å². The van der Waals surface area contributed by atoms with E-state index in [9.17, 15) is 0 Å². The van der Waals surface area contributed by atoms with Crippen molar-refractivity contribution in [2.24, 2.45) is 7.05 Å². The number of para-hydroxylation sites is 4. The number of nitrogens with zero attached hydrogens (tertiary/aromatic N) is 2. The van der Waals surface area contributed by atoms with E-state index >= 15 is 0 Å². The molecule has 0 amide bonds. The first-order valence-corrected chi connectivity index (χ1v) is 16.0. The lowest BCUT2D eigenvalue weighted by molar-refractivity contribution is 0.672. The number of fused-ring (bicyclic) bond motifs is 14. The Hall–Kier alpha value is -6.26. The van der Waals surface area contributed by atoms with E-state index in [4.69, 9.17) is 8.83 Å². The van der Waals surface area contributed by atoms with Crippen molar-refractivity contribution in [2.75, 3.05) is 0 Å². The Kier molecular flexibility index (Phi) is 4.75. The van der Waals surface area contributed by atoms with Crippen LogP contribution in [0.1, 0.15) is 0 Å². The second-order valence-electron chi connectivity index (χ2n) is 12.5. The molecule has 0 aliphatic carbocycles. The zero-order chi connectivity index (χ0) is 30.8. The fourth-order valence-corrected chi connectivity index (χ4v) is 8.05. The summed E-state index contributed by atoms with van der Waals surface area (Å²) in [5, 5.41) is 9.28. The van der Waals surface area contributed by atoms with Gasteiger partial charge in [-0.25, -0.2) is 0 Å². The van der Waals surface area contributed by atoms with Crippen molar-refractivity contribution in [1.82, 2.24) is 9.13 Å². The smallest absolute Gasteiger partial charge is 0.146 e. The van der Waals surface area contributed by atoms with Gasteiger partial charge in [0.1, 0.15) is 22.3 Å². The van der Waals surface area contributed by atoms with E-state index in [1.807, 2.05) is 12.1 Å². The maximum Gasteiger partial charge on any atom is 0.146 e. The first kappa shape index (κ1) is 25.0. The molecule has 0 unspecified atom stereocenters. The minimum absolute atomic E-state index is 0.906. The van der Waals surface area contributed by atoms with Crippen LogP contribution >= 0.6 is 0 Å². The highest BCUT2D eigenvalue weighted by Crippen LogP contribution is 2.45. The molecule has 0 aliphatic rings. The molecule has 220 valence electrons. The molecule has 7 aromatic carbocycles. The molecule has 4 heteroatoms. The quantitative estimate of drug-likeness (QED) is 0.197. The normalized spacial score (nSPS) is 12.4. The Morgan fingerprint density at radius 3 is 1.81 bits per heavy atom. The summed E-state index contributed by atoms with van der Waals surface area (Å²) in [6.07, 6.45) is 0. The highest BCUT2D eigenvalue weighted by Gasteiger charge is 2.22. The topological polar surface area (TPSA) is 36.1 Å². The van der Waals surface area contributed by atoms with Gasteiger partial charge in [0.15, 0.2) is 0 Å². The van der Waals surface area contributed by atoms with Gasteiger partial charge in [-0.05, 0) is 65.7 Å². The number of hydrogen-bond donors (Lipinski definition) is 0. The van der Waals surface area contributed by atoms with E-state index in [0.717, 1.165) is 82.5 Å². The maximum absolute atomic E-state index is 6.66. The molecule has 0 saturated heterocycles. The van der Waals surface area contributed by atoms with Gasteiger partial charge in [-0.3, -0.25) is 0 Å². The average Bonchev–Trinajstić information content (AvgIpc) is 3.86. The third-order valence-corrected chi connectivity index (χ3v) is 10.1. The molecule has 4 aromatic heterocycles. The fraction of sp³-hybridized carbons (Fsp3) is 0.0233. The Bertz CT molecular complexity index is 3070. The average molecular weight is 603 g/mol. The fourth-order valence-electron chi connectivity index (χ4n) is 8.05. The van der Waals surface area contributed by atoms with Crippen LogP contribution in [0.2, 0.25) is 0 Å². The van der Waals surface area contributed by atoms with E-state index in [1.54, 1.807) is 0 Å². The SMILES string of the molecule is Cn1c2ccccc2c2c3oc4ccccc4c3c(-c3ccc(-n4c5ccccc5c5c6oc7ccccc7c6ccc54)cc3)cc21. The monoisotopic (exact) mass is 602 g/mol. The number of aromatic nitrogens is 2. The standard InChI is InChI=1S/C43H26N2O2/c1-44-33-14-6-2-11-29(33)41-36(44)24-32(39-31-13-5-9-17-38(31)47-43(39)41)25-18-20-26(21-19-25)45-34-15-7-3-12-30(34)40-35(45)23-22-28-27-10-4-8-16-37(27)46-42(28)40/h2-24H,1H3. The van der Waals surface area contributed by atoms with Gasteiger partial charge in [0.2, 0.25) is 0 Å². The molecule has 11 aromatic rings. The summed E-state index contributed by atoms with van der Waals surface area (Å²) in [6, 6.07) is 49.7. The number of benzene rings is 7. The summed E-state index contributed by atoms with van der Waals surface area (Å²) < 4.78 is 17.8. The van der Waals surface area contributed by atoms with Crippen molar-refractivity contribution in [1.29, 1.82) is 0 Å². The largest absolute Gasteiger partial charge is 0.455 e. The first-order chi connectivity index (χ1) is 23.2. The zero-order valence-corrected chi connectivity index (χ0v) is 25.5. The molecule has 0 radical (unpaired) electrons. The van der Waals surface area contributed by atoms with Crippen molar-refractivity contribution in [2.45, 2.75) is 0 Å². The highest BCUT2D eigenvalue weighted by atomic mass is 16.3. The van der Waals surface area contributed by atoms with Crippen LogP contribution in [0.15, 0.2) is 148 Å². The van der Waals surface area contributed by atoms with E-state index in [0.29, 0.717) is 0 Å². The Labute approximate surface area is 268 Å². The van der Waals surface area contributed by atoms with Gasteiger partial charge in [0.05, 0.1) is 27.3 Å². The van der Waals surface area contributed by atoms with Crippen LogP contribution in [-0.2, 0) is 7.05 Å². The van der Waals surface area contributed by atoms with E-state index < -0.39 is 0 Å². The van der Waals surface area contributed by atoms with Crippen LogP contribution in [0.5, 0.6) is 0 Å². The summed E-state index contributed by atoms with van der Waals surface area (Å²) in [5.41, 5.74) is 11.8. The van der Waals surface area contributed by atoms with Gasteiger partial charge in [-0.1, -0.05) is 84.9 Å². The molecule has 4 heterocycles. The summed E-state index contributed by atoms with van der Waals surface area (Å²) in [6.45, 7) is 0. The molecule has 0 aliphatic heterocycles. The second-order valence-corrected chi connectivity index (χ2v) is 12.5. The van der Waals surface area contributed by atoms with Crippen molar-refractivity contribution < 1.29 is 8.83 Å². The third-order valence-electron chi connectivity index (χ3n) is 10.1. The number of aryl methyl sites for hydroxylation is 1. The molecule has 0 fully saturated rings. The second kappa shape index (κ2) is 8.93. The minimum Gasteiger partial charge on any atom is -0.455 e. The van der Waals surface area contributed by atoms with Crippen molar-refractivity contribution in [3.63, 3.8) is 0 Å². The molecule has 0 atom stereocenters. The summed E-state index contributed by atoms with van der Waals surface area (Å²) >= 11 is 0. The summed E-state index contributed by atoms with van der Waals surface area (Å²) in [7, 11) is 2.15. The Morgan fingerprint density at radius 2 is 1.02 bits per heavy atom. The van der Waals surface area contributed by atoms with E-state index in [2.05, 4.69) is 144 Å². The zero-order valence-electron chi connectivity index (χ0n) is 25.5. The molecular weight excluding hydrogens is 576 g/mol. The Balaban J connectivity index is 1.17. The van der Waals surface area contributed by atoms with Gasteiger partial charge < -0.3 is 18.0 Å². The van der Waals surface area contributed by atoms with Crippen LogP contribution in [0.25, 0.3) is 104 Å². The molecule has 47 heavy (non-hydrogen) atoms. The van der Waals surface area contributed by atoms with Gasteiger partial charge in [0.25, 0.3) is 0 Å². The molecule has 4 nitrogen and oxygen atoms in total. The first-order valence-electron chi connectivity index (χ1n) is 16.0. The van der Waals surface area contributed by atoms with Gasteiger partial charge >= 0.3 is 0 Å². The van der Waals surface area contributed by atoms with Gasteiger partial charge in [-0.15, -0.1) is 0 Å². The minimum atomic E-state index is 0.906. The molecular formula is C43H26N2O2. The summed E-state index contributed by atoms with van der Waals surface area (Å²) in [4.78, 5) is 0. The molecule has 0 N–H and O–H groups in total. The predicted molar refractivity (Wildman–Crippen MR) is 195 cm³/mol. The van der Waals surface area contributed by atoms with Crippen molar-refractivity contribution in [3.05, 3.63) is 140 Å². The number of hydrogen-bond acceptors (Lipinski definition) is 2. The third kappa shape index (κ3) is 3.21. The van der Waals surface area contributed by atoms with Gasteiger partial charge in [-0.2, -0.15) is 0 Å². The lowest BCUT2D eigenvalue weighted by Gasteiger charge is -2.11. The van der Waals surface area contributed by atoms with E-state index in [1.165, 1.54) is 21.9 Å². The van der Waals surface area contributed by atoms with Crippen LogP contribution in [0, 0.1) is 0 Å². The Morgan fingerprint density at radius 1 is 0.426 bits per heavy atom. The molecule has 11 rings (SSSR count). The number of furan rings is 2. The maximum atomic E-state index is 6.66. The van der Waals surface area contributed by atoms with E-state index in [-0.39, 0.29) is 0 Å². The predicted octanol–water partition coefficient (Wildman–Crippen LogP) is 11.9. The molecule has 0 bridgehead atoms. The summed E-state index contributed by atoms with van der Waals surface area (Å²) in [5.74, 6) is 0. The van der Waals surface area contributed by atoms with Gasteiger partial charge in [0, 0.05) is 50.6 Å². The number of rotatable bonds is 2.